The molecule has 2 N–H and O–H groups in total. The van der Waals surface area contributed by atoms with Crippen LogP contribution in [0.4, 0.5) is 0 Å². The van der Waals surface area contributed by atoms with Gasteiger partial charge in [0.2, 0.25) is 0 Å². The minimum absolute atomic E-state index is 0.0263. The van der Waals surface area contributed by atoms with E-state index >= 15 is 0 Å². The summed E-state index contributed by atoms with van der Waals surface area (Å²) >= 11 is 0. The van der Waals surface area contributed by atoms with Crippen molar-refractivity contribution in [3.63, 3.8) is 0 Å². The number of β-amino-alcohol motifs (C(OH)–C–C–N with tert-alkyl or cyclic N) is 1. The van der Waals surface area contributed by atoms with Gasteiger partial charge in [-0.15, -0.1) is 0 Å². The number of carbonyl (C=O) groups excluding carboxylic acids is 1. The molecule has 2 heterocycles. The number of aromatic amines is 1. The fraction of sp³-hybridized carbons (Fsp3) is 0.444. The second-order valence-corrected chi connectivity index (χ2v) is 3.28. The molecule has 13 heavy (non-hydrogen) atoms. The molecule has 1 aliphatic rings. The molecule has 0 spiro atoms. The first-order valence-electron chi connectivity index (χ1n) is 4.38. The quantitative estimate of drug-likeness (QED) is 0.649. The topological polar surface area (TPSA) is 56.3 Å². The second-order valence-electron chi connectivity index (χ2n) is 3.28. The number of likely N-dealkylation sites (tertiary alicyclic amines) is 1. The summed E-state index contributed by atoms with van der Waals surface area (Å²) < 4.78 is 0. The van der Waals surface area contributed by atoms with Crippen LogP contribution in [0.2, 0.25) is 0 Å². The van der Waals surface area contributed by atoms with Crippen LogP contribution in [0.3, 0.4) is 0 Å². The molecule has 1 aromatic rings. The predicted molar refractivity (Wildman–Crippen MR) is 47.3 cm³/mol. The van der Waals surface area contributed by atoms with Crippen LogP contribution in [0.1, 0.15) is 16.9 Å². The Labute approximate surface area is 76.2 Å². The minimum atomic E-state index is -0.348. The highest BCUT2D eigenvalue weighted by Crippen LogP contribution is 2.11. The maximum absolute atomic E-state index is 11.6. The van der Waals surface area contributed by atoms with Gasteiger partial charge in [-0.3, -0.25) is 4.79 Å². The number of rotatable bonds is 1. The van der Waals surface area contributed by atoms with Gasteiger partial charge in [-0.05, 0) is 18.6 Å². The third-order valence-electron chi connectivity index (χ3n) is 2.28. The van der Waals surface area contributed by atoms with E-state index < -0.39 is 0 Å². The number of hydrogen-bond donors (Lipinski definition) is 2. The molecule has 0 aliphatic carbocycles. The summed E-state index contributed by atoms with van der Waals surface area (Å²) in [5.74, 6) is -0.0263. The molecule has 0 radical (unpaired) electrons. The molecule has 0 aromatic carbocycles. The number of nitrogens with zero attached hydrogens (tertiary/aromatic N) is 1. The number of aliphatic hydroxyl groups excluding tert-OH is 1. The van der Waals surface area contributed by atoms with E-state index in [1.165, 1.54) is 0 Å². The highest BCUT2D eigenvalue weighted by molar-refractivity contribution is 5.92. The normalized spacial score (nSPS) is 22.2. The molecule has 0 bridgehead atoms. The standard InChI is InChI=1S/C9H12N2O2/c12-7-3-5-11(6-7)9(13)8-2-1-4-10-8/h1-2,4,7,10,12H,3,5-6H2. The molecule has 1 unspecified atom stereocenters. The van der Waals surface area contributed by atoms with E-state index in [1.807, 2.05) is 0 Å². The molecule has 1 fully saturated rings. The van der Waals surface area contributed by atoms with Crippen LogP contribution in [-0.2, 0) is 0 Å². The Bertz CT molecular complexity index is 295. The van der Waals surface area contributed by atoms with Crippen LogP contribution in [0.25, 0.3) is 0 Å². The lowest BCUT2D eigenvalue weighted by molar-refractivity contribution is 0.0760. The fourth-order valence-electron chi connectivity index (χ4n) is 1.56. The summed E-state index contributed by atoms with van der Waals surface area (Å²) in [4.78, 5) is 16.2. The minimum Gasteiger partial charge on any atom is -0.391 e. The van der Waals surface area contributed by atoms with Crippen molar-refractivity contribution < 1.29 is 9.90 Å². The third-order valence-corrected chi connectivity index (χ3v) is 2.28. The van der Waals surface area contributed by atoms with Gasteiger partial charge in [0.1, 0.15) is 5.69 Å². The molecule has 1 atom stereocenters. The largest absolute Gasteiger partial charge is 0.391 e. The summed E-state index contributed by atoms with van der Waals surface area (Å²) in [6.45, 7) is 1.11. The van der Waals surface area contributed by atoms with Crippen molar-refractivity contribution in [2.24, 2.45) is 0 Å². The van der Waals surface area contributed by atoms with Crippen LogP contribution >= 0.6 is 0 Å². The number of amides is 1. The van der Waals surface area contributed by atoms with Gasteiger partial charge in [-0.25, -0.2) is 0 Å². The summed E-state index contributed by atoms with van der Waals surface area (Å²) in [7, 11) is 0. The number of H-pyrrole nitrogens is 1. The van der Waals surface area contributed by atoms with E-state index in [-0.39, 0.29) is 12.0 Å². The fourth-order valence-corrected chi connectivity index (χ4v) is 1.56. The lowest BCUT2D eigenvalue weighted by Crippen LogP contribution is -2.29. The Morgan fingerprint density at radius 1 is 1.69 bits per heavy atom. The summed E-state index contributed by atoms with van der Waals surface area (Å²) in [5, 5.41) is 9.24. The highest BCUT2D eigenvalue weighted by atomic mass is 16.3. The molecule has 70 valence electrons. The number of carbonyl (C=O) groups is 1. The molecule has 4 heteroatoms. The molecule has 1 saturated heterocycles. The van der Waals surface area contributed by atoms with E-state index in [1.54, 1.807) is 23.2 Å². The first-order valence-corrected chi connectivity index (χ1v) is 4.38. The van der Waals surface area contributed by atoms with Gasteiger partial charge >= 0.3 is 0 Å². The van der Waals surface area contributed by atoms with Crippen molar-refractivity contribution in [3.05, 3.63) is 24.0 Å². The Kier molecular flexibility index (Phi) is 2.06. The van der Waals surface area contributed by atoms with Crippen LogP contribution in [0.5, 0.6) is 0 Å². The Morgan fingerprint density at radius 2 is 2.54 bits per heavy atom. The zero-order valence-corrected chi connectivity index (χ0v) is 7.23. The Balaban J connectivity index is 2.06. The zero-order valence-electron chi connectivity index (χ0n) is 7.23. The van der Waals surface area contributed by atoms with Crippen molar-refractivity contribution in [1.82, 2.24) is 9.88 Å². The lowest BCUT2D eigenvalue weighted by atomic mass is 10.3. The Hall–Kier alpha value is -1.29. The Morgan fingerprint density at radius 3 is 3.08 bits per heavy atom. The van der Waals surface area contributed by atoms with E-state index in [2.05, 4.69) is 4.98 Å². The highest BCUT2D eigenvalue weighted by Gasteiger charge is 2.25. The van der Waals surface area contributed by atoms with E-state index in [9.17, 15) is 9.90 Å². The number of aliphatic hydroxyl groups is 1. The molecular weight excluding hydrogens is 168 g/mol. The first-order chi connectivity index (χ1) is 6.27. The molecule has 2 rings (SSSR count). The maximum Gasteiger partial charge on any atom is 0.270 e. The van der Waals surface area contributed by atoms with Crippen molar-refractivity contribution in [2.75, 3.05) is 13.1 Å². The van der Waals surface area contributed by atoms with Gasteiger partial charge in [0.15, 0.2) is 0 Å². The number of nitrogens with one attached hydrogen (secondary N) is 1. The third kappa shape index (κ3) is 1.58. The average molecular weight is 180 g/mol. The molecule has 1 aliphatic heterocycles. The first kappa shape index (κ1) is 8.31. The smallest absolute Gasteiger partial charge is 0.270 e. The van der Waals surface area contributed by atoms with Crippen molar-refractivity contribution in [1.29, 1.82) is 0 Å². The van der Waals surface area contributed by atoms with Crippen LogP contribution < -0.4 is 0 Å². The summed E-state index contributed by atoms with van der Waals surface area (Å²) in [6, 6.07) is 3.53. The summed E-state index contributed by atoms with van der Waals surface area (Å²) in [6.07, 6.45) is 2.06. The van der Waals surface area contributed by atoms with Gasteiger partial charge in [-0.1, -0.05) is 0 Å². The monoisotopic (exact) mass is 180 g/mol. The van der Waals surface area contributed by atoms with Crippen molar-refractivity contribution in [2.45, 2.75) is 12.5 Å². The van der Waals surface area contributed by atoms with Gasteiger partial charge in [0, 0.05) is 19.3 Å². The van der Waals surface area contributed by atoms with E-state index in [0.29, 0.717) is 25.2 Å². The number of hydrogen-bond acceptors (Lipinski definition) is 2. The van der Waals surface area contributed by atoms with E-state index in [0.717, 1.165) is 0 Å². The predicted octanol–water partition coefficient (Wildman–Crippen LogP) is 0.221. The molecule has 4 nitrogen and oxygen atoms in total. The summed E-state index contributed by atoms with van der Waals surface area (Å²) in [5.41, 5.74) is 0.592. The SMILES string of the molecule is O=C(c1ccc[nH]1)N1CCC(O)C1. The maximum atomic E-state index is 11.6. The van der Waals surface area contributed by atoms with Gasteiger partial charge in [0.05, 0.1) is 6.10 Å². The molecule has 1 amide bonds. The van der Waals surface area contributed by atoms with Crippen molar-refractivity contribution in [3.8, 4) is 0 Å². The van der Waals surface area contributed by atoms with Gasteiger partial charge < -0.3 is 15.0 Å². The molecular formula is C9H12N2O2. The van der Waals surface area contributed by atoms with E-state index in [4.69, 9.17) is 0 Å². The average Bonchev–Trinajstić information content (AvgIpc) is 2.72. The van der Waals surface area contributed by atoms with Crippen molar-refractivity contribution >= 4 is 5.91 Å². The zero-order chi connectivity index (χ0) is 9.26. The second kappa shape index (κ2) is 3.22. The molecule has 0 saturated carbocycles. The molecule has 1 aromatic heterocycles. The van der Waals surface area contributed by atoms with Crippen LogP contribution in [-0.4, -0.2) is 40.1 Å². The number of aromatic nitrogens is 1. The van der Waals surface area contributed by atoms with Gasteiger partial charge in [0.25, 0.3) is 5.91 Å². The van der Waals surface area contributed by atoms with Gasteiger partial charge in [-0.2, -0.15) is 0 Å². The van der Waals surface area contributed by atoms with Crippen LogP contribution in [0, 0.1) is 0 Å². The van der Waals surface area contributed by atoms with Crippen LogP contribution in [0.15, 0.2) is 18.3 Å². The lowest BCUT2D eigenvalue weighted by Gasteiger charge is -2.13.